The van der Waals surface area contributed by atoms with E-state index in [0.29, 0.717) is 6.42 Å². The van der Waals surface area contributed by atoms with Crippen LogP contribution in [0.2, 0.25) is 0 Å². The van der Waals surface area contributed by atoms with Crippen LogP contribution >= 0.6 is 0 Å². The van der Waals surface area contributed by atoms with Crippen molar-refractivity contribution in [3.63, 3.8) is 0 Å². The molecule has 56 valence electrons. The molecule has 0 bridgehead atoms. The summed E-state index contributed by atoms with van der Waals surface area (Å²) in [5.74, 6) is -0.510. The summed E-state index contributed by atoms with van der Waals surface area (Å²) in [4.78, 5) is 22.4. The Kier molecular flexibility index (Phi) is 3.39. The van der Waals surface area contributed by atoms with Crippen molar-refractivity contribution in [2.45, 2.75) is 20.3 Å². The average molecular weight is 141 g/mol. The van der Waals surface area contributed by atoms with E-state index in [1.165, 1.54) is 13.1 Å². The molecule has 0 saturated heterocycles. The van der Waals surface area contributed by atoms with E-state index >= 15 is 0 Å². The Morgan fingerprint density at radius 1 is 1.60 bits per heavy atom. The maximum Gasteiger partial charge on any atom is 0.232 e. The Morgan fingerprint density at radius 3 is 2.20 bits per heavy atom. The molecule has 3 heteroatoms. The first-order valence-corrected chi connectivity index (χ1v) is 3.08. The highest BCUT2D eigenvalue weighted by Crippen LogP contribution is 1.93. The maximum absolute atomic E-state index is 10.8. The van der Waals surface area contributed by atoms with Gasteiger partial charge in [-0.05, 0) is 0 Å². The van der Waals surface area contributed by atoms with Gasteiger partial charge in [-0.1, -0.05) is 13.5 Å². The molecule has 0 aliphatic rings. The van der Waals surface area contributed by atoms with Gasteiger partial charge in [-0.15, -0.1) is 0 Å². The SMILES string of the molecule is C=CN(C(C)=O)C(=O)CC. The lowest BCUT2D eigenvalue weighted by Gasteiger charge is -2.11. The van der Waals surface area contributed by atoms with Crippen molar-refractivity contribution < 1.29 is 9.59 Å². The number of hydrogen-bond donors (Lipinski definition) is 0. The zero-order valence-electron chi connectivity index (χ0n) is 6.26. The highest BCUT2D eigenvalue weighted by atomic mass is 16.2. The van der Waals surface area contributed by atoms with Gasteiger partial charge in [0.15, 0.2) is 0 Å². The predicted molar refractivity (Wildman–Crippen MR) is 38.0 cm³/mol. The van der Waals surface area contributed by atoms with E-state index in [-0.39, 0.29) is 11.8 Å². The largest absolute Gasteiger partial charge is 0.274 e. The molecule has 0 spiro atoms. The molecular weight excluding hydrogens is 130 g/mol. The third kappa shape index (κ3) is 2.01. The van der Waals surface area contributed by atoms with E-state index in [0.717, 1.165) is 4.90 Å². The Morgan fingerprint density at radius 2 is 2.10 bits per heavy atom. The molecule has 0 N–H and O–H groups in total. The fourth-order valence-electron chi connectivity index (χ4n) is 0.576. The van der Waals surface area contributed by atoms with E-state index in [1.54, 1.807) is 6.92 Å². The summed E-state index contributed by atoms with van der Waals surface area (Å²) in [5.41, 5.74) is 0. The van der Waals surface area contributed by atoms with Crippen LogP contribution in [0.15, 0.2) is 12.8 Å². The Bertz CT molecular complexity index is 163. The van der Waals surface area contributed by atoms with E-state index in [9.17, 15) is 9.59 Å². The van der Waals surface area contributed by atoms with Gasteiger partial charge in [0.2, 0.25) is 11.8 Å². The molecule has 0 fully saturated rings. The molecule has 2 amide bonds. The van der Waals surface area contributed by atoms with Gasteiger partial charge in [0.25, 0.3) is 0 Å². The number of rotatable bonds is 2. The maximum atomic E-state index is 10.8. The zero-order chi connectivity index (χ0) is 8.15. The number of carbonyl (C=O) groups is 2. The highest BCUT2D eigenvalue weighted by Gasteiger charge is 2.10. The van der Waals surface area contributed by atoms with Crippen molar-refractivity contribution in [3.8, 4) is 0 Å². The lowest BCUT2D eigenvalue weighted by molar-refractivity contribution is -0.139. The summed E-state index contributed by atoms with van der Waals surface area (Å²) < 4.78 is 0. The Hall–Kier alpha value is -1.12. The monoisotopic (exact) mass is 141 g/mol. The zero-order valence-corrected chi connectivity index (χ0v) is 6.26. The molecule has 0 aromatic rings. The molecule has 0 aromatic heterocycles. The molecule has 0 unspecified atom stereocenters. The molecule has 0 aliphatic carbocycles. The second-order valence-corrected chi connectivity index (χ2v) is 1.82. The van der Waals surface area contributed by atoms with Crippen LogP contribution in [0.4, 0.5) is 0 Å². The average Bonchev–Trinajstić information content (AvgIpc) is 1.88. The van der Waals surface area contributed by atoms with E-state index in [2.05, 4.69) is 6.58 Å². The van der Waals surface area contributed by atoms with Crippen LogP contribution in [0, 0.1) is 0 Å². The quantitative estimate of drug-likeness (QED) is 0.573. The highest BCUT2D eigenvalue weighted by molar-refractivity contribution is 5.95. The van der Waals surface area contributed by atoms with Crippen molar-refractivity contribution in [1.82, 2.24) is 4.90 Å². The summed E-state index contributed by atoms with van der Waals surface area (Å²) in [6, 6.07) is 0. The van der Waals surface area contributed by atoms with Crippen LogP contribution in [-0.2, 0) is 9.59 Å². The number of amides is 2. The Labute approximate surface area is 60.3 Å². The summed E-state index contributed by atoms with van der Waals surface area (Å²) in [5, 5.41) is 0. The first-order valence-electron chi connectivity index (χ1n) is 3.08. The van der Waals surface area contributed by atoms with Crippen molar-refractivity contribution in [2.24, 2.45) is 0 Å². The molecule has 0 rings (SSSR count). The topological polar surface area (TPSA) is 37.4 Å². The first kappa shape index (κ1) is 8.88. The van der Waals surface area contributed by atoms with Crippen LogP contribution in [-0.4, -0.2) is 16.7 Å². The van der Waals surface area contributed by atoms with E-state index < -0.39 is 0 Å². The predicted octanol–water partition coefficient (Wildman–Crippen LogP) is 0.915. The number of nitrogens with zero attached hydrogens (tertiary/aromatic N) is 1. The van der Waals surface area contributed by atoms with Crippen LogP contribution in [0.3, 0.4) is 0 Å². The second-order valence-electron chi connectivity index (χ2n) is 1.82. The fraction of sp³-hybridized carbons (Fsp3) is 0.429. The molecule has 0 heterocycles. The molecule has 0 aromatic carbocycles. The summed E-state index contributed by atoms with van der Waals surface area (Å²) >= 11 is 0. The molecule has 0 atom stereocenters. The van der Waals surface area contributed by atoms with Gasteiger partial charge >= 0.3 is 0 Å². The third-order valence-corrected chi connectivity index (χ3v) is 1.09. The van der Waals surface area contributed by atoms with Crippen molar-refractivity contribution in [3.05, 3.63) is 12.8 Å². The van der Waals surface area contributed by atoms with Gasteiger partial charge in [0.1, 0.15) is 0 Å². The summed E-state index contributed by atoms with van der Waals surface area (Å²) in [7, 11) is 0. The van der Waals surface area contributed by atoms with E-state index in [4.69, 9.17) is 0 Å². The standard InChI is InChI=1S/C7H11NO2/c1-4-7(10)8(5-2)6(3)9/h5H,2,4H2,1,3H3. The molecule has 10 heavy (non-hydrogen) atoms. The first-order chi connectivity index (χ1) is 4.63. The number of carbonyl (C=O) groups excluding carboxylic acids is 2. The molecule has 0 aliphatic heterocycles. The smallest absolute Gasteiger partial charge is 0.232 e. The fourth-order valence-corrected chi connectivity index (χ4v) is 0.576. The van der Waals surface area contributed by atoms with Gasteiger partial charge in [-0.25, -0.2) is 0 Å². The van der Waals surface area contributed by atoms with Crippen LogP contribution in [0.1, 0.15) is 20.3 Å². The van der Waals surface area contributed by atoms with E-state index in [1.807, 2.05) is 0 Å². The van der Waals surface area contributed by atoms with Crippen molar-refractivity contribution >= 4 is 11.8 Å². The minimum atomic E-state index is -0.290. The third-order valence-electron chi connectivity index (χ3n) is 1.09. The number of hydrogen-bond acceptors (Lipinski definition) is 2. The van der Waals surface area contributed by atoms with Gasteiger partial charge in [-0.3, -0.25) is 14.5 Å². The number of imide groups is 1. The molecule has 3 nitrogen and oxygen atoms in total. The van der Waals surface area contributed by atoms with Crippen molar-refractivity contribution in [1.29, 1.82) is 0 Å². The minimum absolute atomic E-state index is 0.220. The van der Waals surface area contributed by atoms with Gasteiger partial charge in [-0.2, -0.15) is 0 Å². The molecular formula is C7H11NO2. The normalized spacial score (nSPS) is 8.60. The summed E-state index contributed by atoms with van der Waals surface area (Å²) in [6.45, 7) is 6.36. The Balaban J connectivity index is 4.20. The van der Waals surface area contributed by atoms with Crippen LogP contribution in [0.5, 0.6) is 0 Å². The molecule has 0 radical (unpaired) electrons. The van der Waals surface area contributed by atoms with Gasteiger partial charge in [0.05, 0.1) is 0 Å². The lowest BCUT2D eigenvalue weighted by atomic mass is 10.4. The van der Waals surface area contributed by atoms with Crippen molar-refractivity contribution in [2.75, 3.05) is 0 Å². The summed E-state index contributed by atoms with van der Waals surface area (Å²) in [6.07, 6.45) is 1.56. The minimum Gasteiger partial charge on any atom is -0.274 e. The van der Waals surface area contributed by atoms with Crippen LogP contribution in [0.25, 0.3) is 0 Å². The van der Waals surface area contributed by atoms with Gasteiger partial charge < -0.3 is 0 Å². The van der Waals surface area contributed by atoms with Gasteiger partial charge in [0, 0.05) is 19.5 Å². The molecule has 0 saturated carbocycles. The lowest BCUT2D eigenvalue weighted by Crippen LogP contribution is -2.28. The van der Waals surface area contributed by atoms with Crippen LogP contribution < -0.4 is 0 Å². The second kappa shape index (κ2) is 3.82.